The van der Waals surface area contributed by atoms with E-state index in [-0.39, 0.29) is 37.7 Å². The van der Waals surface area contributed by atoms with Gasteiger partial charge in [-0.15, -0.1) is 0 Å². The second-order valence-electron chi connectivity index (χ2n) is 0.0962. The molecule has 0 atom stereocenters. The molecule has 0 spiro atoms. The zero-order chi connectivity index (χ0) is 2.71. The first-order chi connectivity index (χ1) is 1.41. The van der Waals surface area contributed by atoms with Crippen LogP contribution in [-0.4, -0.2) is 45.1 Å². The first-order valence-electron chi connectivity index (χ1n) is 0.471. The van der Waals surface area contributed by atoms with Gasteiger partial charge < -0.3 is 0 Å². The minimum Gasteiger partial charge on any atom is 2.00 e. The molecule has 2 nitrogen and oxygen atoms in total. The molecule has 0 unspecified atom stereocenters. The van der Waals surface area contributed by atoms with Gasteiger partial charge in [0.15, 0.2) is 0 Å². The molecule has 0 saturated heterocycles. The van der Waals surface area contributed by atoms with Crippen molar-refractivity contribution in [1.29, 1.82) is 0 Å². The second-order valence-corrected chi connectivity index (χ2v) is 0.0962. The van der Waals surface area contributed by atoms with Crippen molar-refractivity contribution in [3.8, 4) is 0 Å². The number of rotatable bonds is 0. The Morgan fingerprint density at radius 3 is 1.75 bits per heavy atom. The van der Waals surface area contributed by atoms with Crippen molar-refractivity contribution in [1.82, 2.24) is 0 Å². The molecule has 0 saturated carbocycles. The first kappa shape index (κ1) is 8.87. The van der Waals surface area contributed by atoms with Crippen LogP contribution in [0.2, 0.25) is 0 Å². The zero-order valence-corrected chi connectivity index (χ0v) is 4.31. The smallest absolute Gasteiger partial charge is 2.00 e. The minimum atomic E-state index is -0.500. The molecule has 4 heavy (non-hydrogen) atoms. The summed E-state index contributed by atoms with van der Waals surface area (Å²) in [6.07, 6.45) is 0. The van der Waals surface area contributed by atoms with E-state index in [9.17, 15) is 0 Å². The van der Waals surface area contributed by atoms with Gasteiger partial charge in [-0.25, -0.2) is 0 Å². The predicted octanol–water partition coefficient (Wildman–Crippen LogP) is -2.07. The van der Waals surface area contributed by atoms with Gasteiger partial charge in [0.05, 0.1) is 0 Å². The van der Waals surface area contributed by atoms with Crippen LogP contribution >= 0.6 is 0 Å². The van der Waals surface area contributed by atoms with E-state index in [2.05, 4.69) is 0 Å². The molecule has 0 N–H and O–H groups in total. The summed E-state index contributed by atoms with van der Waals surface area (Å²) in [5.41, 5.74) is 0. The SMILES string of the molecule is O=B[O-].[Ca+2]. The molecule has 0 bridgehead atoms. The van der Waals surface area contributed by atoms with E-state index < -0.39 is 7.35 Å². The summed E-state index contributed by atoms with van der Waals surface area (Å²) < 4.78 is 8.25. The molecule has 0 aliphatic heterocycles. The quantitative estimate of drug-likeness (QED) is 0.315. The summed E-state index contributed by atoms with van der Waals surface area (Å²) in [6, 6.07) is 0. The van der Waals surface area contributed by atoms with Crippen LogP contribution in [0.5, 0.6) is 0 Å². The first-order valence-corrected chi connectivity index (χ1v) is 0.471. The van der Waals surface area contributed by atoms with E-state index in [4.69, 9.17) is 9.73 Å². The van der Waals surface area contributed by atoms with Crippen LogP contribution in [0.4, 0.5) is 0 Å². The third kappa shape index (κ3) is 12.7. The maximum atomic E-state index is 8.25. The van der Waals surface area contributed by atoms with Crippen LogP contribution in [0.15, 0.2) is 0 Å². The monoisotopic (exact) mass is 83.0 g/mol. The van der Waals surface area contributed by atoms with Gasteiger partial charge in [-0.3, -0.25) is 0 Å². The fourth-order valence-electron chi connectivity index (χ4n) is 0. The third-order valence-electron chi connectivity index (χ3n) is 0. The fraction of sp³-hybridized carbons (Fsp3) is 0. The van der Waals surface area contributed by atoms with E-state index in [1.807, 2.05) is 0 Å². The van der Waals surface area contributed by atoms with E-state index in [0.717, 1.165) is 0 Å². The molecule has 0 amide bonds. The molecule has 0 aliphatic carbocycles. The Balaban J connectivity index is 0. The van der Waals surface area contributed by atoms with Gasteiger partial charge in [-0.1, -0.05) is 0 Å². The van der Waals surface area contributed by atoms with Crippen molar-refractivity contribution in [2.24, 2.45) is 0 Å². The van der Waals surface area contributed by atoms with Crippen molar-refractivity contribution in [2.75, 3.05) is 0 Å². The van der Waals surface area contributed by atoms with Crippen molar-refractivity contribution in [2.45, 2.75) is 0 Å². The van der Waals surface area contributed by atoms with Crippen LogP contribution in [0.3, 0.4) is 0 Å². The van der Waals surface area contributed by atoms with E-state index >= 15 is 0 Å². The summed E-state index contributed by atoms with van der Waals surface area (Å²) in [4.78, 5) is 0. The van der Waals surface area contributed by atoms with Crippen molar-refractivity contribution < 1.29 is 9.73 Å². The average molecular weight is 82.9 g/mol. The maximum absolute atomic E-state index is 8.25. The molecule has 0 rings (SSSR count). The Labute approximate surface area is 54.5 Å². The van der Waals surface area contributed by atoms with Gasteiger partial charge >= 0.3 is 54.8 Å². The maximum Gasteiger partial charge on any atom is 2.00 e. The molecule has 0 radical (unpaired) electrons. The van der Waals surface area contributed by atoms with Crippen LogP contribution in [-0.2, 0) is 4.70 Å². The summed E-state index contributed by atoms with van der Waals surface area (Å²) in [7, 11) is -0.500. The summed E-state index contributed by atoms with van der Waals surface area (Å²) in [6.45, 7) is 0. The van der Waals surface area contributed by atoms with E-state index in [1.165, 1.54) is 0 Å². The van der Waals surface area contributed by atoms with Gasteiger partial charge in [0, 0.05) is 0 Å². The molecule has 0 aliphatic rings. The average Bonchev–Trinajstić information content (AvgIpc) is 0.918. The normalized spacial score (nSPS) is 2.00. The molecule has 0 aromatic rings. The van der Waals surface area contributed by atoms with Gasteiger partial charge in [0.1, 0.15) is 0 Å². The molecular formula is BCaO2+. The largest absolute Gasteiger partial charge is 2.00 e. The molecule has 4 heteroatoms. The topological polar surface area (TPSA) is 40.1 Å². The van der Waals surface area contributed by atoms with Crippen LogP contribution < -0.4 is 5.02 Å². The van der Waals surface area contributed by atoms with Crippen LogP contribution in [0, 0.1) is 0 Å². The number of hydrogen-bond donors (Lipinski definition) is 0. The summed E-state index contributed by atoms with van der Waals surface area (Å²) in [5, 5.41) is 8.25. The number of hydrogen-bond acceptors (Lipinski definition) is 2. The van der Waals surface area contributed by atoms with Crippen molar-refractivity contribution in [3.05, 3.63) is 0 Å². The Morgan fingerprint density at radius 2 is 1.75 bits per heavy atom. The van der Waals surface area contributed by atoms with Crippen LogP contribution in [0.1, 0.15) is 0 Å². The Morgan fingerprint density at radius 1 is 1.75 bits per heavy atom. The van der Waals surface area contributed by atoms with Crippen molar-refractivity contribution in [3.63, 3.8) is 0 Å². The van der Waals surface area contributed by atoms with Crippen LogP contribution in [0.25, 0.3) is 0 Å². The molecule has 0 fully saturated rings. The molecular weight excluding hydrogens is 82.9 g/mol. The zero-order valence-electron chi connectivity index (χ0n) is 2.10. The van der Waals surface area contributed by atoms with Gasteiger partial charge in [-0.2, -0.15) is 0 Å². The van der Waals surface area contributed by atoms with Gasteiger partial charge in [0.25, 0.3) is 0 Å². The Hall–Kier alpha value is 0.925. The second kappa shape index (κ2) is 9.06. The van der Waals surface area contributed by atoms with E-state index in [1.54, 1.807) is 0 Å². The Kier molecular flexibility index (Phi) is 20.1. The van der Waals surface area contributed by atoms with Crippen molar-refractivity contribution >= 4 is 45.1 Å². The van der Waals surface area contributed by atoms with E-state index in [0.29, 0.717) is 0 Å². The third-order valence-corrected chi connectivity index (χ3v) is 0. The standard InChI is InChI=1S/BO2.Ca/c2-1-3;/q-1;+2. The summed E-state index contributed by atoms with van der Waals surface area (Å²) >= 11 is 0. The fourth-order valence-corrected chi connectivity index (χ4v) is 0. The summed E-state index contributed by atoms with van der Waals surface area (Å²) in [5.74, 6) is 0. The van der Waals surface area contributed by atoms with Gasteiger partial charge in [0.2, 0.25) is 0 Å². The molecule has 0 aromatic heterocycles. The minimum absolute atomic E-state index is 0. The molecule has 16 valence electrons. The Bertz CT molecular complexity index is 13.5. The van der Waals surface area contributed by atoms with Gasteiger partial charge in [-0.05, 0) is 0 Å². The molecule has 0 aromatic carbocycles. The predicted molar refractivity (Wildman–Crippen MR) is 12.2 cm³/mol. The molecule has 0 heterocycles.